The van der Waals surface area contributed by atoms with E-state index in [2.05, 4.69) is 22.0 Å². The van der Waals surface area contributed by atoms with E-state index in [4.69, 9.17) is 16.1 Å². The smallest absolute Gasteiger partial charge is 0.307 e. The van der Waals surface area contributed by atoms with Gasteiger partial charge in [0, 0.05) is 24.5 Å². The van der Waals surface area contributed by atoms with E-state index in [9.17, 15) is 9.90 Å². The molecular formula is C18H22ClN3O3. The van der Waals surface area contributed by atoms with Crippen LogP contribution in [0.5, 0.6) is 0 Å². The molecule has 6 nitrogen and oxygen atoms in total. The van der Waals surface area contributed by atoms with E-state index in [0.717, 1.165) is 12.1 Å². The Bertz CT molecular complexity index is 731. The van der Waals surface area contributed by atoms with Crippen LogP contribution in [0.25, 0.3) is 0 Å². The van der Waals surface area contributed by atoms with Crippen molar-refractivity contribution in [2.24, 2.45) is 11.8 Å². The molecule has 1 saturated heterocycles. The van der Waals surface area contributed by atoms with Crippen LogP contribution in [0.15, 0.2) is 28.8 Å². The molecule has 3 rings (SSSR count). The Morgan fingerprint density at radius 3 is 2.80 bits per heavy atom. The zero-order chi connectivity index (χ0) is 18.0. The van der Waals surface area contributed by atoms with Crippen LogP contribution >= 0.6 is 11.6 Å². The van der Waals surface area contributed by atoms with Crippen molar-refractivity contribution in [2.75, 3.05) is 13.1 Å². The molecule has 0 amide bonds. The molecular weight excluding hydrogens is 342 g/mol. The Hall–Kier alpha value is -1.92. The van der Waals surface area contributed by atoms with E-state index in [1.807, 2.05) is 31.2 Å². The van der Waals surface area contributed by atoms with Gasteiger partial charge in [0.25, 0.3) is 0 Å². The molecule has 1 aromatic heterocycles. The van der Waals surface area contributed by atoms with Gasteiger partial charge >= 0.3 is 5.97 Å². The third-order valence-electron chi connectivity index (χ3n) is 4.70. The Morgan fingerprint density at radius 2 is 2.12 bits per heavy atom. The SMILES string of the molecule is CC1CC(C(=O)O)CN(C(C)c2nc(Cc3ccc(Cl)cc3)no2)C1. The van der Waals surface area contributed by atoms with Gasteiger partial charge in [-0.05, 0) is 37.0 Å². The lowest BCUT2D eigenvalue weighted by Gasteiger charge is -2.37. The van der Waals surface area contributed by atoms with Crippen molar-refractivity contribution in [2.45, 2.75) is 32.7 Å². The van der Waals surface area contributed by atoms with Crippen molar-refractivity contribution in [1.29, 1.82) is 0 Å². The molecule has 0 radical (unpaired) electrons. The molecule has 2 heterocycles. The summed E-state index contributed by atoms with van der Waals surface area (Å²) in [6.07, 6.45) is 1.28. The second kappa shape index (κ2) is 7.54. The first-order valence-corrected chi connectivity index (χ1v) is 8.84. The summed E-state index contributed by atoms with van der Waals surface area (Å²) in [4.78, 5) is 18.0. The lowest BCUT2D eigenvalue weighted by atomic mass is 9.89. The summed E-state index contributed by atoms with van der Waals surface area (Å²) in [6.45, 7) is 5.40. The van der Waals surface area contributed by atoms with E-state index in [-0.39, 0.29) is 12.0 Å². The highest BCUT2D eigenvalue weighted by Crippen LogP contribution is 2.29. The van der Waals surface area contributed by atoms with Gasteiger partial charge in [0.15, 0.2) is 5.82 Å². The first kappa shape index (κ1) is 17.9. The lowest BCUT2D eigenvalue weighted by molar-refractivity contribution is -0.144. The highest BCUT2D eigenvalue weighted by molar-refractivity contribution is 6.30. The van der Waals surface area contributed by atoms with Crippen LogP contribution in [-0.4, -0.2) is 39.2 Å². The van der Waals surface area contributed by atoms with E-state index < -0.39 is 5.97 Å². The minimum Gasteiger partial charge on any atom is -0.481 e. The van der Waals surface area contributed by atoms with Gasteiger partial charge in [0.05, 0.1) is 12.0 Å². The fourth-order valence-electron chi connectivity index (χ4n) is 3.34. The molecule has 0 spiro atoms. The summed E-state index contributed by atoms with van der Waals surface area (Å²) in [5, 5.41) is 14.1. The van der Waals surface area contributed by atoms with Crippen molar-refractivity contribution in [1.82, 2.24) is 15.0 Å². The second-order valence-electron chi connectivity index (χ2n) is 6.86. The number of hydrogen-bond acceptors (Lipinski definition) is 5. The molecule has 1 aliphatic heterocycles. The predicted molar refractivity (Wildman–Crippen MR) is 93.5 cm³/mol. The van der Waals surface area contributed by atoms with Crippen LogP contribution in [0.1, 0.15) is 43.6 Å². The molecule has 1 aliphatic rings. The maximum Gasteiger partial charge on any atom is 0.307 e. The standard InChI is InChI=1S/C18H22ClN3O3/c1-11-7-14(18(23)24)10-22(9-11)12(2)17-20-16(21-25-17)8-13-3-5-15(19)6-4-13/h3-6,11-12,14H,7-10H2,1-2H3,(H,23,24). The molecule has 25 heavy (non-hydrogen) atoms. The molecule has 1 N–H and O–H groups in total. The molecule has 3 unspecified atom stereocenters. The molecule has 0 aliphatic carbocycles. The van der Waals surface area contributed by atoms with Crippen molar-refractivity contribution in [3.63, 3.8) is 0 Å². The van der Waals surface area contributed by atoms with Crippen molar-refractivity contribution >= 4 is 17.6 Å². The number of carboxylic acid groups (broad SMARTS) is 1. The number of halogens is 1. The van der Waals surface area contributed by atoms with Gasteiger partial charge < -0.3 is 9.63 Å². The number of aliphatic carboxylic acids is 1. The van der Waals surface area contributed by atoms with Crippen molar-refractivity contribution < 1.29 is 14.4 Å². The van der Waals surface area contributed by atoms with Gasteiger partial charge in [-0.15, -0.1) is 0 Å². The first-order valence-electron chi connectivity index (χ1n) is 8.46. The van der Waals surface area contributed by atoms with Crippen molar-refractivity contribution in [3.8, 4) is 0 Å². The molecule has 7 heteroatoms. The van der Waals surface area contributed by atoms with E-state index >= 15 is 0 Å². The van der Waals surface area contributed by atoms with Gasteiger partial charge in [-0.1, -0.05) is 35.8 Å². The second-order valence-corrected chi connectivity index (χ2v) is 7.29. The lowest BCUT2D eigenvalue weighted by Crippen LogP contribution is -2.43. The molecule has 3 atom stereocenters. The van der Waals surface area contributed by atoms with E-state index in [1.54, 1.807) is 0 Å². The van der Waals surface area contributed by atoms with Crippen molar-refractivity contribution in [3.05, 3.63) is 46.6 Å². The quantitative estimate of drug-likeness (QED) is 0.876. The summed E-state index contributed by atoms with van der Waals surface area (Å²) in [7, 11) is 0. The monoisotopic (exact) mass is 363 g/mol. The largest absolute Gasteiger partial charge is 0.481 e. The number of rotatable bonds is 5. The van der Waals surface area contributed by atoms with Gasteiger partial charge in [-0.3, -0.25) is 9.69 Å². The molecule has 1 aromatic carbocycles. The predicted octanol–water partition coefficient (Wildman–Crippen LogP) is 3.42. The highest BCUT2D eigenvalue weighted by atomic mass is 35.5. The van der Waals surface area contributed by atoms with Gasteiger partial charge in [0.1, 0.15) is 0 Å². The van der Waals surface area contributed by atoms with Crippen LogP contribution in [0, 0.1) is 11.8 Å². The van der Waals surface area contributed by atoms with Crippen LogP contribution in [0.2, 0.25) is 5.02 Å². The molecule has 0 bridgehead atoms. The number of carbonyl (C=O) groups is 1. The number of carboxylic acids is 1. The van der Waals surface area contributed by atoms with E-state index in [0.29, 0.717) is 42.0 Å². The Labute approximate surface area is 151 Å². The zero-order valence-corrected chi connectivity index (χ0v) is 15.1. The third kappa shape index (κ3) is 4.38. The average Bonchev–Trinajstić information content (AvgIpc) is 3.04. The maximum atomic E-state index is 11.3. The number of nitrogens with zero attached hydrogens (tertiary/aromatic N) is 3. The van der Waals surface area contributed by atoms with Gasteiger partial charge in [-0.2, -0.15) is 4.98 Å². The fourth-order valence-corrected chi connectivity index (χ4v) is 3.46. The molecule has 0 saturated carbocycles. The summed E-state index contributed by atoms with van der Waals surface area (Å²) >= 11 is 5.90. The van der Waals surface area contributed by atoms with Crippen LogP contribution in [-0.2, 0) is 11.2 Å². The minimum absolute atomic E-state index is 0.101. The highest BCUT2D eigenvalue weighted by Gasteiger charge is 2.33. The third-order valence-corrected chi connectivity index (χ3v) is 4.95. The zero-order valence-electron chi connectivity index (χ0n) is 14.4. The number of piperidine rings is 1. The topological polar surface area (TPSA) is 79.5 Å². The normalized spacial score (nSPS) is 22.7. The minimum atomic E-state index is -0.738. The van der Waals surface area contributed by atoms with Gasteiger partial charge in [-0.25, -0.2) is 0 Å². The Balaban J connectivity index is 1.68. The Morgan fingerprint density at radius 1 is 1.40 bits per heavy atom. The summed E-state index contributed by atoms with van der Waals surface area (Å²) < 4.78 is 5.43. The molecule has 1 fully saturated rings. The number of likely N-dealkylation sites (tertiary alicyclic amines) is 1. The summed E-state index contributed by atoms with van der Waals surface area (Å²) in [5.74, 6) is 0.389. The summed E-state index contributed by atoms with van der Waals surface area (Å²) in [5.41, 5.74) is 1.06. The van der Waals surface area contributed by atoms with Crippen LogP contribution < -0.4 is 0 Å². The fraction of sp³-hybridized carbons (Fsp3) is 0.500. The summed E-state index contributed by atoms with van der Waals surface area (Å²) in [6, 6.07) is 7.44. The number of benzene rings is 1. The number of aromatic nitrogens is 2. The maximum absolute atomic E-state index is 11.3. The average molecular weight is 364 g/mol. The van der Waals surface area contributed by atoms with E-state index in [1.165, 1.54) is 0 Å². The molecule has 2 aromatic rings. The van der Waals surface area contributed by atoms with Crippen LogP contribution in [0.4, 0.5) is 0 Å². The first-order chi connectivity index (χ1) is 11.9. The Kier molecular flexibility index (Phi) is 5.39. The molecule has 134 valence electrons. The van der Waals surface area contributed by atoms with Gasteiger partial charge in [0.2, 0.25) is 5.89 Å². The number of hydrogen-bond donors (Lipinski definition) is 1. The van der Waals surface area contributed by atoms with Crippen LogP contribution in [0.3, 0.4) is 0 Å².